The van der Waals surface area contributed by atoms with Crippen molar-refractivity contribution in [3.8, 4) is 5.75 Å². The van der Waals surface area contributed by atoms with Gasteiger partial charge in [-0.3, -0.25) is 18.6 Å². The summed E-state index contributed by atoms with van der Waals surface area (Å²) in [4.78, 5) is 25.3. The van der Waals surface area contributed by atoms with E-state index < -0.39 is 0 Å². The molecule has 1 aromatic carbocycles. The Hall–Kier alpha value is -3.20. The van der Waals surface area contributed by atoms with Gasteiger partial charge in [0.25, 0.3) is 5.56 Å². The number of methoxy groups -OCH3 is 1. The number of carbonyl (C=O) groups is 1. The fourth-order valence-electron chi connectivity index (χ4n) is 3.64. The van der Waals surface area contributed by atoms with Gasteiger partial charge in [0, 0.05) is 25.1 Å². The smallest absolute Gasteiger partial charge is 0.272 e. The predicted molar refractivity (Wildman–Crippen MR) is 127 cm³/mol. The summed E-state index contributed by atoms with van der Waals surface area (Å²) in [6, 6.07) is 9.18. The number of aromatic nitrogens is 4. The summed E-state index contributed by atoms with van der Waals surface area (Å²) in [6.45, 7) is 4.88. The van der Waals surface area contributed by atoms with Crippen LogP contribution in [0.2, 0.25) is 0 Å². The molecule has 0 saturated carbocycles. The Bertz CT molecular complexity index is 1290. The monoisotopic (exact) mass is 453 g/mol. The van der Waals surface area contributed by atoms with Crippen molar-refractivity contribution in [2.24, 2.45) is 5.92 Å². The van der Waals surface area contributed by atoms with Gasteiger partial charge in [0.2, 0.25) is 11.7 Å². The number of nitrogens with one attached hydrogen (secondary N) is 1. The maximum atomic E-state index is 13.0. The molecular formula is C23H27N5O3S. The molecule has 0 aliphatic rings. The number of hydrogen-bond acceptors (Lipinski definition) is 6. The minimum absolute atomic E-state index is 0.0130. The Morgan fingerprint density at radius 3 is 2.69 bits per heavy atom. The number of fused-ring (bicyclic) bond motifs is 3. The maximum Gasteiger partial charge on any atom is 0.272 e. The second-order valence-corrected chi connectivity index (χ2v) is 9.07. The Balaban J connectivity index is 1.49. The highest BCUT2D eigenvalue weighted by Crippen LogP contribution is 2.21. The van der Waals surface area contributed by atoms with E-state index in [1.807, 2.05) is 40.1 Å². The lowest BCUT2D eigenvalue weighted by molar-refractivity contribution is -0.116. The van der Waals surface area contributed by atoms with E-state index in [0.717, 1.165) is 29.2 Å². The molecule has 0 aliphatic heterocycles. The Morgan fingerprint density at radius 2 is 1.97 bits per heavy atom. The summed E-state index contributed by atoms with van der Waals surface area (Å²) in [5, 5.41) is 13.5. The van der Waals surface area contributed by atoms with E-state index in [2.05, 4.69) is 29.4 Å². The number of hydrogen-bond donors (Lipinski definition) is 1. The molecule has 0 saturated heterocycles. The molecular weight excluding hydrogens is 426 g/mol. The van der Waals surface area contributed by atoms with Crippen molar-refractivity contribution in [1.29, 1.82) is 0 Å². The van der Waals surface area contributed by atoms with Crippen LogP contribution in [0.4, 0.5) is 5.69 Å². The third-order valence-corrected chi connectivity index (χ3v) is 6.28. The number of thiophene rings is 1. The van der Waals surface area contributed by atoms with Crippen molar-refractivity contribution < 1.29 is 9.53 Å². The molecule has 0 spiro atoms. The van der Waals surface area contributed by atoms with E-state index in [1.165, 1.54) is 11.3 Å². The lowest BCUT2D eigenvalue weighted by atomic mass is 10.1. The molecule has 32 heavy (non-hydrogen) atoms. The molecule has 0 radical (unpaired) electrons. The first-order valence-corrected chi connectivity index (χ1v) is 11.6. The Kier molecular flexibility index (Phi) is 6.55. The van der Waals surface area contributed by atoms with Gasteiger partial charge in [-0.05, 0) is 54.5 Å². The highest BCUT2D eigenvalue weighted by molar-refractivity contribution is 7.17. The maximum absolute atomic E-state index is 13.0. The van der Waals surface area contributed by atoms with E-state index >= 15 is 0 Å². The van der Waals surface area contributed by atoms with Crippen molar-refractivity contribution in [2.75, 3.05) is 12.4 Å². The van der Waals surface area contributed by atoms with Crippen LogP contribution < -0.4 is 15.6 Å². The van der Waals surface area contributed by atoms with Crippen molar-refractivity contribution in [3.05, 3.63) is 51.9 Å². The second kappa shape index (κ2) is 9.52. The predicted octanol–water partition coefficient (Wildman–Crippen LogP) is 4.12. The highest BCUT2D eigenvalue weighted by Gasteiger charge is 2.17. The molecule has 4 aromatic rings. The molecule has 3 heterocycles. The van der Waals surface area contributed by atoms with E-state index in [9.17, 15) is 9.59 Å². The third kappa shape index (κ3) is 4.52. The molecule has 0 atom stereocenters. The first-order chi connectivity index (χ1) is 15.5. The van der Waals surface area contributed by atoms with Gasteiger partial charge >= 0.3 is 0 Å². The summed E-state index contributed by atoms with van der Waals surface area (Å²) >= 11 is 1.44. The molecule has 0 unspecified atom stereocenters. The summed E-state index contributed by atoms with van der Waals surface area (Å²) in [5.41, 5.74) is 1.55. The van der Waals surface area contributed by atoms with Crippen LogP contribution in [0.15, 0.2) is 40.5 Å². The fraction of sp³-hybridized carbons (Fsp3) is 0.391. The Morgan fingerprint density at radius 1 is 1.19 bits per heavy atom. The average molecular weight is 454 g/mol. The molecule has 8 nitrogen and oxygen atoms in total. The number of rotatable bonds is 9. The molecule has 0 fully saturated rings. The van der Waals surface area contributed by atoms with Crippen LogP contribution >= 0.6 is 11.3 Å². The molecule has 168 valence electrons. The first-order valence-electron chi connectivity index (χ1n) is 10.8. The normalized spacial score (nSPS) is 11.5. The van der Waals surface area contributed by atoms with E-state index in [-0.39, 0.29) is 11.5 Å². The van der Waals surface area contributed by atoms with E-state index in [4.69, 9.17) is 4.74 Å². The molecule has 1 N–H and O–H groups in total. The highest BCUT2D eigenvalue weighted by atomic mass is 32.1. The second-order valence-electron chi connectivity index (χ2n) is 8.16. The zero-order valence-corrected chi connectivity index (χ0v) is 19.3. The summed E-state index contributed by atoms with van der Waals surface area (Å²) < 4.78 is 9.54. The largest absolute Gasteiger partial charge is 0.497 e. The van der Waals surface area contributed by atoms with Gasteiger partial charge in [-0.15, -0.1) is 21.5 Å². The molecule has 0 bridgehead atoms. The molecule has 3 aromatic heterocycles. The minimum Gasteiger partial charge on any atom is -0.497 e. The zero-order valence-electron chi connectivity index (χ0n) is 18.5. The first kappa shape index (κ1) is 22.0. The van der Waals surface area contributed by atoms with Gasteiger partial charge in [0.15, 0.2) is 0 Å². The number of nitrogens with zero attached hydrogens (tertiary/aromatic N) is 4. The van der Waals surface area contributed by atoms with Crippen molar-refractivity contribution >= 4 is 38.9 Å². The molecule has 4 rings (SSSR count). The van der Waals surface area contributed by atoms with Crippen molar-refractivity contribution in [3.63, 3.8) is 0 Å². The fourth-order valence-corrected chi connectivity index (χ4v) is 4.46. The quantitative estimate of drug-likeness (QED) is 0.412. The average Bonchev–Trinajstić information content (AvgIpc) is 3.41. The van der Waals surface area contributed by atoms with Crippen LogP contribution in [-0.4, -0.2) is 32.2 Å². The lowest BCUT2D eigenvalue weighted by Gasteiger charge is -2.11. The third-order valence-electron chi connectivity index (χ3n) is 5.39. The molecule has 0 aliphatic carbocycles. The number of anilines is 1. The van der Waals surface area contributed by atoms with E-state index in [0.29, 0.717) is 42.2 Å². The van der Waals surface area contributed by atoms with Gasteiger partial charge in [-0.25, -0.2) is 0 Å². The van der Waals surface area contributed by atoms with Crippen molar-refractivity contribution in [1.82, 2.24) is 19.2 Å². The summed E-state index contributed by atoms with van der Waals surface area (Å²) in [7, 11) is 1.61. The summed E-state index contributed by atoms with van der Waals surface area (Å²) in [5.74, 6) is 2.50. The number of amides is 1. The molecule has 1 amide bonds. The van der Waals surface area contributed by atoms with Gasteiger partial charge in [0.05, 0.1) is 12.6 Å². The van der Waals surface area contributed by atoms with Crippen LogP contribution in [0.1, 0.15) is 38.9 Å². The van der Waals surface area contributed by atoms with Gasteiger partial charge in [-0.1, -0.05) is 13.8 Å². The van der Waals surface area contributed by atoms with Crippen LogP contribution in [0.5, 0.6) is 5.75 Å². The van der Waals surface area contributed by atoms with Gasteiger partial charge in [0.1, 0.15) is 16.3 Å². The summed E-state index contributed by atoms with van der Waals surface area (Å²) in [6.07, 6.45) is 2.46. The van der Waals surface area contributed by atoms with Crippen LogP contribution in [-0.2, 0) is 17.8 Å². The topological polar surface area (TPSA) is 90.5 Å². The van der Waals surface area contributed by atoms with E-state index in [1.54, 1.807) is 11.7 Å². The zero-order chi connectivity index (χ0) is 22.7. The number of carbonyl (C=O) groups excluding carboxylic acids is 1. The van der Waals surface area contributed by atoms with Crippen LogP contribution in [0, 0.1) is 5.92 Å². The number of aryl methyl sites for hydroxylation is 2. The van der Waals surface area contributed by atoms with Crippen LogP contribution in [0.3, 0.4) is 0 Å². The Labute approximate surface area is 189 Å². The van der Waals surface area contributed by atoms with Gasteiger partial charge in [-0.2, -0.15) is 0 Å². The minimum atomic E-state index is -0.0569. The molecule has 9 heteroatoms. The SMILES string of the molecule is COc1ccc(NC(=O)CCCc2nnc3n(CCC(C)C)c(=O)c4sccc4n23)cc1. The number of ether oxygens (including phenoxy) is 1. The van der Waals surface area contributed by atoms with Crippen LogP contribution in [0.25, 0.3) is 16.0 Å². The van der Waals surface area contributed by atoms with Crippen molar-refractivity contribution in [2.45, 2.75) is 46.1 Å². The van der Waals surface area contributed by atoms with Gasteiger partial charge < -0.3 is 10.1 Å². The standard InChI is InChI=1S/C23H27N5O3S/c1-15(2)11-13-27-22(30)21-18(12-14-32-21)28-19(25-26-23(27)28)5-4-6-20(29)24-16-7-9-17(31-3)10-8-16/h7-10,12,14-15H,4-6,11,13H2,1-3H3,(H,24,29). The lowest BCUT2D eigenvalue weighted by Crippen LogP contribution is -2.23. The number of benzene rings is 1.